The van der Waals surface area contributed by atoms with Crippen LogP contribution in [0.15, 0.2) is 0 Å². The first-order chi connectivity index (χ1) is 8.90. The summed E-state index contributed by atoms with van der Waals surface area (Å²) in [7, 11) is 0. The predicted molar refractivity (Wildman–Crippen MR) is 85.0 cm³/mol. The van der Waals surface area contributed by atoms with Crippen molar-refractivity contribution in [3.63, 3.8) is 0 Å². The molecule has 2 aliphatic carbocycles. The van der Waals surface area contributed by atoms with Crippen LogP contribution in [-0.4, -0.2) is 0 Å². The van der Waals surface area contributed by atoms with Gasteiger partial charge in [0.15, 0.2) is 0 Å². The molecule has 2 rings (SSSR count). The molecule has 0 bridgehead atoms. The second kappa shape index (κ2) is 5.78. The average Bonchev–Trinajstić information content (AvgIpc) is 2.57. The van der Waals surface area contributed by atoms with Crippen molar-refractivity contribution in [3.8, 4) is 0 Å². The van der Waals surface area contributed by atoms with E-state index in [4.69, 9.17) is 0 Å². The van der Waals surface area contributed by atoms with Crippen LogP contribution >= 0.6 is 0 Å². The van der Waals surface area contributed by atoms with Crippen LogP contribution in [-0.2, 0) is 0 Å². The van der Waals surface area contributed by atoms with Crippen LogP contribution < -0.4 is 0 Å². The summed E-state index contributed by atoms with van der Waals surface area (Å²) >= 11 is 0. The third kappa shape index (κ3) is 2.49. The van der Waals surface area contributed by atoms with Gasteiger partial charge in [-0.1, -0.05) is 61.3 Å². The predicted octanol–water partition coefficient (Wildman–Crippen LogP) is 5.87. The molecule has 0 aromatic heterocycles. The maximum Gasteiger partial charge on any atom is -0.0321 e. The van der Waals surface area contributed by atoms with E-state index in [2.05, 4.69) is 48.5 Å². The Morgan fingerprint density at radius 2 is 1.21 bits per heavy atom. The molecule has 0 N–H and O–H groups in total. The summed E-state index contributed by atoms with van der Waals surface area (Å²) in [5.41, 5.74) is 0. The third-order valence-electron chi connectivity index (χ3n) is 7.43. The number of hydrogen-bond donors (Lipinski definition) is 0. The van der Waals surface area contributed by atoms with Crippen LogP contribution in [0, 0.1) is 53.3 Å². The van der Waals surface area contributed by atoms with Crippen molar-refractivity contribution in [1.29, 1.82) is 0 Å². The number of hydrogen-bond acceptors (Lipinski definition) is 0. The second-order valence-electron chi connectivity index (χ2n) is 8.23. The first-order valence-corrected chi connectivity index (χ1v) is 8.90. The zero-order valence-corrected chi connectivity index (χ0v) is 14.3. The van der Waals surface area contributed by atoms with Crippen molar-refractivity contribution in [2.24, 2.45) is 53.3 Å². The molecule has 2 aliphatic rings. The van der Waals surface area contributed by atoms with Gasteiger partial charge in [-0.15, -0.1) is 0 Å². The van der Waals surface area contributed by atoms with Crippen molar-refractivity contribution >= 4 is 0 Å². The Kier molecular flexibility index (Phi) is 4.68. The lowest BCUT2D eigenvalue weighted by Gasteiger charge is -2.34. The molecule has 0 saturated heterocycles. The number of rotatable bonds is 2. The zero-order chi connectivity index (χ0) is 14.3. The largest absolute Gasteiger partial charge is 0.0654 e. The molecule has 0 amide bonds. The molecule has 9 atom stereocenters. The lowest BCUT2D eigenvalue weighted by molar-refractivity contribution is 0.136. The molecule has 0 aromatic carbocycles. The van der Waals surface area contributed by atoms with E-state index in [-0.39, 0.29) is 0 Å². The van der Waals surface area contributed by atoms with Crippen molar-refractivity contribution < 1.29 is 0 Å². The molecule has 0 aliphatic heterocycles. The minimum absolute atomic E-state index is 0.919. The van der Waals surface area contributed by atoms with Gasteiger partial charge in [-0.25, -0.2) is 0 Å². The van der Waals surface area contributed by atoms with E-state index in [9.17, 15) is 0 Å². The fraction of sp³-hybridized carbons (Fsp3) is 1.00. The van der Waals surface area contributed by atoms with Crippen molar-refractivity contribution in [2.75, 3.05) is 0 Å². The highest BCUT2D eigenvalue weighted by Gasteiger charge is 2.52. The van der Waals surface area contributed by atoms with E-state index < -0.39 is 0 Å². The quantitative estimate of drug-likeness (QED) is 0.585. The van der Waals surface area contributed by atoms with Crippen molar-refractivity contribution in [1.82, 2.24) is 0 Å². The molecule has 0 heteroatoms. The van der Waals surface area contributed by atoms with Gasteiger partial charge in [-0.2, -0.15) is 0 Å². The van der Waals surface area contributed by atoms with Gasteiger partial charge in [0.25, 0.3) is 0 Å². The van der Waals surface area contributed by atoms with Crippen LogP contribution in [0.5, 0.6) is 0 Å². The molecular weight excluding hydrogens is 228 g/mol. The van der Waals surface area contributed by atoms with E-state index in [0.717, 1.165) is 53.3 Å². The fourth-order valence-corrected chi connectivity index (χ4v) is 5.86. The molecule has 19 heavy (non-hydrogen) atoms. The fourth-order valence-electron chi connectivity index (χ4n) is 5.86. The van der Waals surface area contributed by atoms with Crippen molar-refractivity contribution in [3.05, 3.63) is 0 Å². The maximum absolute atomic E-state index is 2.57. The van der Waals surface area contributed by atoms with Crippen LogP contribution in [0.25, 0.3) is 0 Å². The molecule has 0 aromatic rings. The van der Waals surface area contributed by atoms with E-state index in [1.54, 1.807) is 0 Å². The summed E-state index contributed by atoms with van der Waals surface area (Å²) in [4.78, 5) is 0. The van der Waals surface area contributed by atoms with E-state index >= 15 is 0 Å². The van der Waals surface area contributed by atoms with Gasteiger partial charge in [-0.3, -0.25) is 0 Å². The lowest BCUT2D eigenvalue weighted by Crippen LogP contribution is -2.29. The Morgan fingerprint density at radius 3 is 1.74 bits per heavy atom. The Hall–Kier alpha value is 0. The molecule has 0 radical (unpaired) electrons. The molecule has 2 saturated carbocycles. The summed E-state index contributed by atoms with van der Waals surface area (Å²) in [5.74, 6) is 8.56. The van der Waals surface area contributed by atoms with Crippen LogP contribution in [0.3, 0.4) is 0 Å². The second-order valence-corrected chi connectivity index (χ2v) is 8.23. The first-order valence-electron chi connectivity index (χ1n) is 8.90. The summed E-state index contributed by atoms with van der Waals surface area (Å²) in [6.07, 6.45) is 4.29. The standard InChI is InChI=1S/C19H36/c1-8-9-17-15(6)16(7)18-13(4)11(2)10-12(3)14(5)19(17)18/h11-19H,8-10H2,1-7H3. The minimum Gasteiger partial charge on any atom is -0.0654 e. The summed E-state index contributed by atoms with van der Waals surface area (Å²) in [5, 5.41) is 0. The van der Waals surface area contributed by atoms with Gasteiger partial charge in [-0.05, 0) is 59.7 Å². The Labute approximate surface area is 121 Å². The third-order valence-corrected chi connectivity index (χ3v) is 7.43. The molecule has 0 heterocycles. The molecule has 0 spiro atoms. The highest BCUT2D eigenvalue weighted by atomic mass is 14.6. The molecule has 9 unspecified atom stereocenters. The van der Waals surface area contributed by atoms with Gasteiger partial charge in [0.1, 0.15) is 0 Å². The van der Waals surface area contributed by atoms with Gasteiger partial charge < -0.3 is 0 Å². The summed E-state index contributed by atoms with van der Waals surface area (Å²) in [6, 6.07) is 0. The van der Waals surface area contributed by atoms with E-state index in [0.29, 0.717) is 0 Å². The van der Waals surface area contributed by atoms with Crippen LogP contribution in [0.1, 0.15) is 67.7 Å². The summed E-state index contributed by atoms with van der Waals surface area (Å²) < 4.78 is 0. The first kappa shape index (κ1) is 15.4. The highest BCUT2D eigenvalue weighted by Crippen LogP contribution is 2.58. The van der Waals surface area contributed by atoms with Crippen LogP contribution in [0.2, 0.25) is 0 Å². The van der Waals surface area contributed by atoms with Gasteiger partial charge >= 0.3 is 0 Å². The number of fused-ring (bicyclic) bond motifs is 1. The molecule has 2 fully saturated rings. The Morgan fingerprint density at radius 1 is 0.684 bits per heavy atom. The Bertz CT molecular complexity index is 294. The maximum atomic E-state index is 2.57. The highest BCUT2D eigenvalue weighted by molar-refractivity contribution is 5.00. The van der Waals surface area contributed by atoms with E-state index in [1.165, 1.54) is 19.3 Å². The molecule has 0 nitrogen and oxygen atoms in total. The zero-order valence-electron chi connectivity index (χ0n) is 14.3. The van der Waals surface area contributed by atoms with Crippen molar-refractivity contribution in [2.45, 2.75) is 67.7 Å². The smallest absolute Gasteiger partial charge is 0.0321 e. The molecular formula is C19H36. The molecule has 112 valence electrons. The SMILES string of the molecule is CCCC1C(C)C(C)C2C(C)C(C)CC(C)C(C)C12. The van der Waals surface area contributed by atoms with Gasteiger partial charge in [0.2, 0.25) is 0 Å². The summed E-state index contributed by atoms with van der Waals surface area (Å²) in [6.45, 7) is 17.7. The normalized spacial score (nSPS) is 54.8. The monoisotopic (exact) mass is 264 g/mol. The van der Waals surface area contributed by atoms with E-state index in [1.807, 2.05) is 0 Å². The lowest BCUT2D eigenvalue weighted by atomic mass is 9.71. The van der Waals surface area contributed by atoms with Gasteiger partial charge in [0.05, 0.1) is 0 Å². The Balaban J connectivity index is 2.35. The van der Waals surface area contributed by atoms with Gasteiger partial charge in [0, 0.05) is 0 Å². The average molecular weight is 264 g/mol. The topological polar surface area (TPSA) is 0 Å². The van der Waals surface area contributed by atoms with Crippen LogP contribution in [0.4, 0.5) is 0 Å². The minimum atomic E-state index is 0.919.